The summed E-state index contributed by atoms with van der Waals surface area (Å²) in [6.45, 7) is 3.02. The summed E-state index contributed by atoms with van der Waals surface area (Å²) in [7, 11) is -3.20. The summed E-state index contributed by atoms with van der Waals surface area (Å²) in [6, 6.07) is 4.74. The Morgan fingerprint density at radius 1 is 1.19 bits per heavy atom. The van der Waals surface area contributed by atoms with Crippen molar-refractivity contribution in [2.75, 3.05) is 31.2 Å². The molecule has 1 rings (SSSR count). The van der Waals surface area contributed by atoms with Gasteiger partial charge in [-0.2, -0.15) is 13.2 Å². The highest BCUT2D eigenvalue weighted by Gasteiger charge is 2.29. The van der Waals surface area contributed by atoms with Crippen LogP contribution in [0.25, 0.3) is 0 Å². The Morgan fingerprint density at radius 2 is 1.76 bits per heavy atom. The van der Waals surface area contributed by atoms with Crippen molar-refractivity contribution in [1.29, 1.82) is 0 Å². The summed E-state index contributed by atoms with van der Waals surface area (Å²) >= 11 is 0. The van der Waals surface area contributed by atoms with Gasteiger partial charge in [0.05, 0.1) is 11.8 Å². The van der Waals surface area contributed by atoms with Gasteiger partial charge in [-0.25, -0.2) is 12.7 Å². The molecule has 0 saturated carbocycles. The molecular formula is C13H19F3N2O2S. The summed E-state index contributed by atoms with van der Waals surface area (Å²) in [5.41, 5.74) is -0.118. The van der Waals surface area contributed by atoms with Crippen LogP contribution in [-0.2, 0) is 16.2 Å². The molecule has 0 radical (unpaired) electrons. The van der Waals surface area contributed by atoms with Gasteiger partial charge < -0.3 is 5.32 Å². The Labute approximate surface area is 123 Å². The van der Waals surface area contributed by atoms with Crippen LogP contribution in [0.4, 0.5) is 18.9 Å². The smallest absolute Gasteiger partial charge is 0.385 e. The number of hydrogen-bond acceptors (Lipinski definition) is 3. The van der Waals surface area contributed by atoms with Gasteiger partial charge in [-0.15, -0.1) is 0 Å². The molecule has 0 bridgehead atoms. The molecule has 8 heteroatoms. The summed E-state index contributed by atoms with van der Waals surface area (Å²) < 4.78 is 61.2. The molecule has 1 aromatic rings. The Hall–Kier alpha value is -1.28. The second-order valence-electron chi connectivity index (χ2n) is 4.61. The molecule has 0 aliphatic rings. The lowest BCUT2D eigenvalue weighted by Gasteiger charge is -2.17. The Bertz CT molecular complexity index is 542. The molecule has 0 unspecified atom stereocenters. The minimum atomic E-state index is -4.34. The molecule has 0 aliphatic heterocycles. The van der Waals surface area contributed by atoms with Gasteiger partial charge in [-0.05, 0) is 30.7 Å². The summed E-state index contributed by atoms with van der Waals surface area (Å²) in [5.74, 6) is 0. The number of halogens is 3. The highest BCUT2D eigenvalue weighted by Crippen LogP contribution is 2.29. The van der Waals surface area contributed by atoms with Crippen molar-refractivity contribution < 1.29 is 21.6 Å². The quantitative estimate of drug-likeness (QED) is 0.785. The van der Waals surface area contributed by atoms with Crippen molar-refractivity contribution in [2.45, 2.75) is 19.5 Å². The van der Waals surface area contributed by atoms with E-state index in [1.54, 1.807) is 6.92 Å². The van der Waals surface area contributed by atoms with Crippen molar-refractivity contribution in [1.82, 2.24) is 4.31 Å². The molecule has 0 aliphatic carbocycles. The molecule has 0 fully saturated rings. The normalized spacial score (nSPS) is 12.7. The maximum Gasteiger partial charge on any atom is 0.416 e. The van der Waals surface area contributed by atoms with E-state index in [0.29, 0.717) is 31.7 Å². The maximum absolute atomic E-state index is 12.4. The van der Waals surface area contributed by atoms with E-state index >= 15 is 0 Å². The number of hydrogen-bond donors (Lipinski definition) is 1. The minimum absolute atomic E-state index is 0.378. The van der Waals surface area contributed by atoms with Crippen LogP contribution in [0, 0.1) is 0 Å². The number of alkyl halides is 3. The molecule has 0 aromatic heterocycles. The first kappa shape index (κ1) is 17.8. The number of rotatable bonds is 7. The van der Waals surface area contributed by atoms with Crippen LogP contribution >= 0.6 is 0 Å². The fourth-order valence-electron chi connectivity index (χ4n) is 1.82. The van der Waals surface area contributed by atoms with Crippen LogP contribution in [0.5, 0.6) is 0 Å². The second kappa shape index (κ2) is 7.13. The van der Waals surface area contributed by atoms with Crippen LogP contribution in [0.3, 0.4) is 0 Å². The van der Waals surface area contributed by atoms with Gasteiger partial charge in [-0.3, -0.25) is 0 Å². The Morgan fingerprint density at radius 3 is 2.19 bits per heavy atom. The van der Waals surface area contributed by atoms with Crippen LogP contribution < -0.4 is 5.32 Å². The van der Waals surface area contributed by atoms with Crippen molar-refractivity contribution in [2.24, 2.45) is 0 Å². The SMILES string of the molecule is CCN(CCCNc1ccc(C(F)(F)F)cc1)S(C)(=O)=O. The summed E-state index contributed by atoms with van der Waals surface area (Å²) in [5, 5.41) is 2.97. The zero-order chi connectivity index (χ0) is 16.1. The first-order chi connectivity index (χ1) is 9.64. The van der Waals surface area contributed by atoms with Gasteiger partial charge in [0.15, 0.2) is 0 Å². The monoisotopic (exact) mass is 324 g/mol. The van der Waals surface area contributed by atoms with E-state index in [4.69, 9.17) is 0 Å². The van der Waals surface area contributed by atoms with Gasteiger partial charge >= 0.3 is 6.18 Å². The summed E-state index contributed by atoms with van der Waals surface area (Å²) in [6.07, 6.45) is -2.61. The molecule has 0 heterocycles. The Kier molecular flexibility index (Phi) is 6.03. The van der Waals surface area contributed by atoms with Gasteiger partial charge in [0.1, 0.15) is 0 Å². The van der Waals surface area contributed by atoms with Gasteiger partial charge in [0, 0.05) is 25.3 Å². The topological polar surface area (TPSA) is 49.4 Å². The van der Waals surface area contributed by atoms with E-state index in [0.717, 1.165) is 18.4 Å². The van der Waals surface area contributed by atoms with Crippen molar-refractivity contribution in [3.05, 3.63) is 29.8 Å². The standard InChI is InChI=1S/C13H19F3N2O2S/c1-3-18(21(2,19)20)10-4-9-17-12-7-5-11(6-8-12)13(14,15)16/h5-8,17H,3-4,9-10H2,1-2H3. The van der Waals surface area contributed by atoms with Gasteiger partial charge in [0.2, 0.25) is 10.0 Å². The second-order valence-corrected chi connectivity index (χ2v) is 6.59. The average molecular weight is 324 g/mol. The third-order valence-corrected chi connectivity index (χ3v) is 4.33. The molecule has 0 atom stereocenters. The van der Waals surface area contributed by atoms with Crippen molar-refractivity contribution in [3.8, 4) is 0 Å². The molecule has 0 amide bonds. The molecule has 21 heavy (non-hydrogen) atoms. The highest BCUT2D eigenvalue weighted by molar-refractivity contribution is 7.88. The third-order valence-electron chi connectivity index (χ3n) is 2.95. The number of anilines is 1. The predicted octanol–water partition coefficient (Wildman–Crippen LogP) is 2.79. The minimum Gasteiger partial charge on any atom is -0.385 e. The number of sulfonamides is 1. The number of nitrogens with one attached hydrogen (secondary N) is 1. The number of benzene rings is 1. The van der Waals surface area contributed by atoms with E-state index in [1.165, 1.54) is 16.4 Å². The van der Waals surface area contributed by atoms with Gasteiger partial charge in [-0.1, -0.05) is 6.92 Å². The third kappa shape index (κ3) is 5.92. The zero-order valence-corrected chi connectivity index (χ0v) is 12.8. The van der Waals surface area contributed by atoms with Gasteiger partial charge in [0.25, 0.3) is 0 Å². The first-order valence-corrected chi connectivity index (χ1v) is 8.35. The fraction of sp³-hybridized carbons (Fsp3) is 0.538. The van der Waals surface area contributed by atoms with E-state index in [9.17, 15) is 21.6 Å². The van der Waals surface area contributed by atoms with E-state index in [1.807, 2.05) is 0 Å². The Balaban J connectivity index is 2.43. The molecule has 120 valence electrons. The van der Waals surface area contributed by atoms with E-state index in [-0.39, 0.29) is 0 Å². The first-order valence-electron chi connectivity index (χ1n) is 6.51. The summed E-state index contributed by atoms with van der Waals surface area (Å²) in [4.78, 5) is 0. The molecule has 1 aromatic carbocycles. The maximum atomic E-state index is 12.4. The van der Waals surface area contributed by atoms with Crippen LogP contribution in [0.15, 0.2) is 24.3 Å². The lowest BCUT2D eigenvalue weighted by Crippen LogP contribution is -2.31. The largest absolute Gasteiger partial charge is 0.416 e. The van der Waals surface area contributed by atoms with E-state index < -0.39 is 21.8 Å². The predicted molar refractivity (Wildman–Crippen MR) is 76.6 cm³/mol. The van der Waals surface area contributed by atoms with Crippen LogP contribution in [0.2, 0.25) is 0 Å². The molecule has 0 saturated heterocycles. The van der Waals surface area contributed by atoms with Crippen LogP contribution in [0.1, 0.15) is 18.9 Å². The highest BCUT2D eigenvalue weighted by atomic mass is 32.2. The molecule has 1 N–H and O–H groups in total. The lowest BCUT2D eigenvalue weighted by atomic mass is 10.2. The van der Waals surface area contributed by atoms with Crippen molar-refractivity contribution in [3.63, 3.8) is 0 Å². The lowest BCUT2D eigenvalue weighted by molar-refractivity contribution is -0.137. The van der Waals surface area contributed by atoms with Crippen LogP contribution in [-0.4, -0.2) is 38.6 Å². The van der Waals surface area contributed by atoms with Crippen molar-refractivity contribution >= 4 is 15.7 Å². The molecule has 0 spiro atoms. The zero-order valence-electron chi connectivity index (χ0n) is 11.9. The molecular weight excluding hydrogens is 305 g/mol. The van der Waals surface area contributed by atoms with E-state index in [2.05, 4.69) is 5.32 Å². The average Bonchev–Trinajstić information content (AvgIpc) is 2.36. The number of nitrogens with zero attached hydrogens (tertiary/aromatic N) is 1. The molecule has 4 nitrogen and oxygen atoms in total. The fourth-order valence-corrected chi connectivity index (χ4v) is 2.75.